The molecule has 0 aliphatic carbocycles. The predicted molar refractivity (Wildman–Crippen MR) is 117 cm³/mol. The van der Waals surface area contributed by atoms with Gasteiger partial charge in [0, 0.05) is 28.6 Å². The number of ether oxygens (including phenoxy) is 1. The first-order valence-corrected chi connectivity index (χ1v) is 9.39. The lowest BCUT2D eigenvalue weighted by molar-refractivity contribution is -0.111. The van der Waals surface area contributed by atoms with Gasteiger partial charge in [-0.1, -0.05) is 0 Å². The number of carbonyl (C=O) groups excluding carboxylic acids is 1. The van der Waals surface area contributed by atoms with E-state index >= 15 is 0 Å². The molecule has 154 valence electrons. The van der Waals surface area contributed by atoms with Crippen LogP contribution in [-0.2, 0) is 4.79 Å². The number of allylic oxidation sites excluding steroid dienone is 2. The van der Waals surface area contributed by atoms with Crippen molar-refractivity contribution in [3.8, 4) is 11.8 Å². The fourth-order valence-electron chi connectivity index (χ4n) is 3.47. The molecule has 2 aromatic heterocycles. The molecule has 0 aliphatic rings. The molecule has 9 heteroatoms. The Morgan fingerprint density at radius 1 is 1.19 bits per heavy atom. The van der Waals surface area contributed by atoms with Crippen molar-refractivity contribution >= 4 is 39.7 Å². The SMILES string of the molecule is COc1cc2c(cc1C(C(C)=O)=C(C)N)ncc1nnc(Nc3ccc(C#N)cc3)n12. The molecule has 0 amide bonds. The Labute approximate surface area is 177 Å². The molecule has 0 spiro atoms. The lowest BCUT2D eigenvalue weighted by Gasteiger charge is -2.14. The molecule has 0 radical (unpaired) electrons. The smallest absolute Gasteiger partial charge is 0.234 e. The number of hydrogen-bond donors (Lipinski definition) is 2. The topological polar surface area (TPSA) is 131 Å². The summed E-state index contributed by atoms with van der Waals surface area (Å²) in [4.78, 5) is 16.7. The molecule has 3 N–H and O–H groups in total. The monoisotopic (exact) mass is 413 g/mol. The van der Waals surface area contributed by atoms with Crippen molar-refractivity contribution < 1.29 is 9.53 Å². The minimum Gasteiger partial charge on any atom is -0.496 e. The van der Waals surface area contributed by atoms with Gasteiger partial charge in [0.1, 0.15) is 5.75 Å². The molecule has 31 heavy (non-hydrogen) atoms. The number of benzene rings is 2. The quantitative estimate of drug-likeness (QED) is 0.477. The van der Waals surface area contributed by atoms with Gasteiger partial charge in [-0.2, -0.15) is 5.26 Å². The average Bonchev–Trinajstić information content (AvgIpc) is 3.16. The Balaban J connectivity index is 1.91. The van der Waals surface area contributed by atoms with Gasteiger partial charge in [0.15, 0.2) is 11.4 Å². The van der Waals surface area contributed by atoms with Crippen LogP contribution in [0.15, 0.2) is 48.3 Å². The van der Waals surface area contributed by atoms with Crippen molar-refractivity contribution in [1.82, 2.24) is 19.6 Å². The standard InChI is InChI=1S/C22H19N7O2/c1-12(24)21(13(2)30)16-8-17-18(9-19(16)31-3)29-20(11-25-17)27-28-22(29)26-15-6-4-14(10-23)5-7-15/h4-9,11H,24H2,1-3H3,(H,26,28). The molecule has 4 rings (SSSR count). The van der Waals surface area contributed by atoms with Gasteiger partial charge in [-0.15, -0.1) is 10.2 Å². The van der Waals surface area contributed by atoms with Crippen LogP contribution in [0.4, 0.5) is 11.6 Å². The molecule has 4 aromatic rings. The second-order valence-electron chi connectivity index (χ2n) is 6.94. The first kappa shape index (κ1) is 19.8. The summed E-state index contributed by atoms with van der Waals surface area (Å²) in [7, 11) is 1.53. The van der Waals surface area contributed by atoms with Crippen LogP contribution in [-0.4, -0.2) is 32.5 Å². The first-order valence-electron chi connectivity index (χ1n) is 9.39. The van der Waals surface area contributed by atoms with Crippen LogP contribution in [0.5, 0.6) is 5.75 Å². The first-order chi connectivity index (χ1) is 14.9. The number of nitrogens with one attached hydrogen (secondary N) is 1. The van der Waals surface area contributed by atoms with Crippen LogP contribution < -0.4 is 15.8 Å². The van der Waals surface area contributed by atoms with E-state index in [1.807, 2.05) is 0 Å². The number of nitriles is 1. The van der Waals surface area contributed by atoms with Crippen molar-refractivity contribution in [3.05, 3.63) is 59.4 Å². The Bertz CT molecular complexity index is 1390. The maximum absolute atomic E-state index is 12.2. The zero-order valence-electron chi connectivity index (χ0n) is 17.2. The highest BCUT2D eigenvalue weighted by atomic mass is 16.5. The second-order valence-corrected chi connectivity index (χ2v) is 6.94. The molecule has 9 nitrogen and oxygen atoms in total. The van der Waals surface area contributed by atoms with Gasteiger partial charge < -0.3 is 15.8 Å². The number of rotatable bonds is 5. The van der Waals surface area contributed by atoms with Crippen molar-refractivity contribution in [2.45, 2.75) is 13.8 Å². The van der Waals surface area contributed by atoms with Crippen molar-refractivity contribution in [2.24, 2.45) is 5.73 Å². The van der Waals surface area contributed by atoms with E-state index in [1.54, 1.807) is 53.9 Å². The molecule has 0 fully saturated rings. The molecule has 2 aromatic carbocycles. The minimum absolute atomic E-state index is 0.161. The third-order valence-corrected chi connectivity index (χ3v) is 4.83. The Morgan fingerprint density at radius 3 is 2.55 bits per heavy atom. The highest BCUT2D eigenvalue weighted by molar-refractivity contribution is 6.21. The van der Waals surface area contributed by atoms with Crippen LogP contribution in [0, 0.1) is 11.3 Å². The lowest BCUT2D eigenvalue weighted by Crippen LogP contribution is -2.07. The molecular formula is C22H19N7O2. The minimum atomic E-state index is -0.161. The summed E-state index contributed by atoms with van der Waals surface area (Å²) in [5.41, 5.74) is 10.5. The summed E-state index contributed by atoms with van der Waals surface area (Å²) in [6.45, 7) is 3.14. The van der Waals surface area contributed by atoms with Crippen molar-refractivity contribution in [2.75, 3.05) is 12.4 Å². The Hall–Kier alpha value is -4.45. The Kier molecular flexibility index (Phi) is 4.97. The number of aromatic nitrogens is 4. The molecule has 0 saturated heterocycles. The van der Waals surface area contributed by atoms with Crippen LogP contribution >= 0.6 is 0 Å². The van der Waals surface area contributed by atoms with E-state index in [9.17, 15) is 4.79 Å². The summed E-state index contributed by atoms with van der Waals surface area (Å²) in [6.07, 6.45) is 1.60. The number of fused-ring (bicyclic) bond motifs is 3. The van der Waals surface area contributed by atoms with Gasteiger partial charge in [-0.05, 0) is 44.2 Å². The zero-order valence-corrected chi connectivity index (χ0v) is 17.2. The third-order valence-electron chi connectivity index (χ3n) is 4.83. The van der Waals surface area contributed by atoms with Gasteiger partial charge in [0.25, 0.3) is 0 Å². The van der Waals surface area contributed by atoms with Crippen molar-refractivity contribution in [1.29, 1.82) is 5.26 Å². The third kappa shape index (κ3) is 3.51. The molecule has 0 atom stereocenters. The number of nitrogens with two attached hydrogens (primary N) is 1. The summed E-state index contributed by atoms with van der Waals surface area (Å²) in [5, 5.41) is 20.6. The van der Waals surface area contributed by atoms with E-state index in [1.165, 1.54) is 14.0 Å². The van der Waals surface area contributed by atoms with Crippen LogP contribution in [0.1, 0.15) is 25.0 Å². The van der Waals surface area contributed by atoms with Gasteiger partial charge in [-0.25, -0.2) is 0 Å². The summed E-state index contributed by atoms with van der Waals surface area (Å²) in [6, 6.07) is 12.6. The number of carbonyl (C=O) groups is 1. The number of anilines is 2. The van der Waals surface area contributed by atoms with Crippen LogP contribution in [0.25, 0.3) is 22.3 Å². The second kappa shape index (κ2) is 7.76. The van der Waals surface area contributed by atoms with Gasteiger partial charge in [-0.3, -0.25) is 14.2 Å². The highest BCUT2D eigenvalue weighted by Gasteiger charge is 2.19. The lowest BCUT2D eigenvalue weighted by atomic mass is 9.99. The van der Waals surface area contributed by atoms with E-state index in [0.717, 1.165) is 5.69 Å². The highest BCUT2D eigenvalue weighted by Crippen LogP contribution is 2.33. The number of Topliss-reactive ketones (excluding diaryl/α,β-unsaturated/α-hetero) is 1. The Morgan fingerprint density at radius 2 is 1.94 bits per heavy atom. The summed E-state index contributed by atoms with van der Waals surface area (Å²) < 4.78 is 7.37. The molecule has 0 unspecified atom stereocenters. The molecule has 0 aliphatic heterocycles. The number of hydrogen-bond acceptors (Lipinski definition) is 8. The van der Waals surface area contributed by atoms with Gasteiger partial charge >= 0.3 is 0 Å². The number of ketones is 1. The van der Waals surface area contributed by atoms with Crippen molar-refractivity contribution in [3.63, 3.8) is 0 Å². The molecule has 2 heterocycles. The largest absolute Gasteiger partial charge is 0.496 e. The molecule has 0 saturated carbocycles. The van der Waals surface area contributed by atoms with E-state index < -0.39 is 0 Å². The van der Waals surface area contributed by atoms with Crippen LogP contribution in [0.3, 0.4) is 0 Å². The van der Waals surface area contributed by atoms with E-state index in [4.69, 9.17) is 15.7 Å². The number of methoxy groups -OCH3 is 1. The van der Waals surface area contributed by atoms with E-state index in [0.29, 0.717) is 50.8 Å². The summed E-state index contributed by atoms with van der Waals surface area (Å²) >= 11 is 0. The molecular weight excluding hydrogens is 394 g/mol. The maximum atomic E-state index is 12.2. The normalized spacial score (nSPS) is 11.8. The van der Waals surface area contributed by atoms with E-state index in [2.05, 4.69) is 26.6 Å². The van der Waals surface area contributed by atoms with Gasteiger partial charge in [0.05, 0.1) is 36.0 Å². The van der Waals surface area contributed by atoms with Crippen LogP contribution in [0.2, 0.25) is 0 Å². The zero-order chi connectivity index (χ0) is 22.1. The fourth-order valence-corrected chi connectivity index (χ4v) is 3.47. The van der Waals surface area contributed by atoms with Gasteiger partial charge in [0.2, 0.25) is 5.95 Å². The fraction of sp³-hybridized carbons (Fsp3) is 0.136. The maximum Gasteiger partial charge on any atom is 0.234 e. The molecule has 0 bridgehead atoms. The predicted octanol–water partition coefficient (Wildman–Crippen LogP) is 3.18. The number of nitrogens with zero attached hydrogens (tertiary/aromatic N) is 5. The summed E-state index contributed by atoms with van der Waals surface area (Å²) in [5.74, 6) is 0.792. The average molecular weight is 413 g/mol. The van der Waals surface area contributed by atoms with E-state index in [-0.39, 0.29) is 5.78 Å².